The van der Waals surface area contributed by atoms with Crippen LogP contribution in [-0.4, -0.2) is 11.7 Å². The zero-order valence-electron chi connectivity index (χ0n) is 9.51. The molecular weight excluding hydrogens is 276 g/mol. The second-order valence-electron chi connectivity index (χ2n) is 4.09. The number of aliphatic hydroxyl groups excluding tert-OH is 1. The minimum absolute atomic E-state index is 0.146. The molecule has 0 aromatic heterocycles. The fraction of sp³-hybridized carbons (Fsp3) is 0.200. The molecule has 1 N–H and O–H groups in total. The van der Waals surface area contributed by atoms with Crippen LogP contribution in [0.3, 0.4) is 0 Å². The topological polar surface area (TPSA) is 20.2 Å². The summed E-state index contributed by atoms with van der Waals surface area (Å²) in [5.74, 6) is 0.146. The predicted molar refractivity (Wildman–Crippen MR) is 74.1 cm³/mol. The summed E-state index contributed by atoms with van der Waals surface area (Å²) in [6.07, 6.45) is 0.861. The third kappa shape index (κ3) is 3.18. The first-order valence-electron chi connectivity index (χ1n) is 5.70. The van der Waals surface area contributed by atoms with E-state index in [0.717, 1.165) is 10.9 Å². The smallest absolute Gasteiger partial charge is 0.0503 e. The van der Waals surface area contributed by atoms with Crippen molar-refractivity contribution in [2.75, 3.05) is 6.61 Å². The number of rotatable bonds is 4. The van der Waals surface area contributed by atoms with Crippen molar-refractivity contribution in [2.24, 2.45) is 0 Å². The Bertz CT molecular complexity index is 467. The lowest BCUT2D eigenvalue weighted by Crippen LogP contribution is -2.08. The van der Waals surface area contributed by atoms with Gasteiger partial charge in [0.2, 0.25) is 0 Å². The first kappa shape index (κ1) is 12.3. The summed E-state index contributed by atoms with van der Waals surface area (Å²) in [5, 5.41) is 9.54. The summed E-state index contributed by atoms with van der Waals surface area (Å²) in [4.78, 5) is 0. The second kappa shape index (κ2) is 5.99. The van der Waals surface area contributed by atoms with E-state index in [1.54, 1.807) is 0 Å². The minimum atomic E-state index is 0.146. The maximum atomic E-state index is 9.54. The molecule has 0 aliphatic heterocycles. The minimum Gasteiger partial charge on any atom is -0.396 e. The highest BCUT2D eigenvalue weighted by Crippen LogP contribution is 2.27. The summed E-state index contributed by atoms with van der Waals surface area (Å²) in [6.45, 7) is 0.164. The molecule has 0 fully saturated rings. The van der Waals surface area contributed by atoms with Gasteiger partial charge in [0.15, 0.2) is 0 Å². The van der Waals surface area contributed by atoms with Gasteiger partial charge in [-0.05, 0) is 23.6 Å². The third-order valence-corrected chi connectivity index (χ3v) is 3.61. The van der Waals surface area contributed by atoms with Crippen LogP contribution < -0.4 is 0 Å². The van der Waals surface area contributed by atoms with Crippen molar-refractivity contribution in [3.63, 3.8) is 0 Å². The Morgan fingerprint density at radius 2 is 1.59 bits per heavy atom. The molecule has 1 unspecified atom stereocenters. The van der Waals surface area contributed by atoms with Gasteiger partial charge in [-0.15, -0.1) is 0 Å². The SMILES string of the molecule is OCC(Cc1ccccc1)c1ccccc1Br. The van der Waals surface area contributed by atoms with Gasteiger partial charge < -0.3 is 5.11 Å². The van der Waals surface area contributed by atoms with Crippen LogP contribution in [0.5, 0.6) is 0 Å². The predicted octanol–water partition coefficient (Wildman–Crippen LogP) is 3.77. The second-order valence-corrected chi connectivity index (χ2v) is 4.95. The Labute approximate surface area is 110 Å². The fourth-order valence-electron chi connectivity index (χ4n) is 1.98. The molecule has 0 radical (unpaired) electrons. The van der Waals surface area contributed by atoms with E-state index in [2.05, 4.69) is 34.1 Å². The van der Waals surface area contributed by atoms with Crippen LogP contribution in [0.4, 0.5) is 0 Å². The van der Waals surface area contributed by atoms with Gasteiger partial charge in [-0.3, -0.25) is 0 Å². The van der Waals surface area contributed by atoms with Crippen LogP contribution in [0.1, 0.15) is 17.0 Å². The van der Waals surface area contributed by atoms with Gasteiger partial charge in [0, 0.05) is 10.4 Å². The molecule has 2 rings (SSSR count). The molecule has 0 spiro atoms. The monoisotopic (exact) mass is 290 g/mol. The van der Waals surface area contributed by atoms with Crippen LogP contribution in [0.15, 0.2) is 59.1 Å². The van der Waals surface area contributed by atoms with E-state index < -0.39 is 0 Å². The lowest BCUT2D eigenvalue weighted by Gasteiger charge is -2.16. The third-order valence-electron chi connectivity index (χ3n) is 2.89. The quantitative estimate of drug-likeness (QED) is 0.909. The van der Waals surface area contributed by atoms with Crippen LogP contribution in [-0.2, 0) is 6.42 Å². The molecule has 0 saturated carbocycles. The van der Waals surface area contributed by atoms with Crippen molar-refractivity contribution in [1.82, 2.24) is 0 Å². The van der Waals surface area contributed by atoms with E-state index in [1.165, 1.54) is 11.1 Å². The standard InChI is InChI=1S/C15H15BrO/c16-15-9-5-4-8-14(15)13(11-17)10-12-6-2-1-3-7-12/h1-9,13,17H,10-11H2. The van der Waals surface area contributed by atoms with E-state index in [4.69, 9.17) is 0 Å². The van der Waals surface area contributed by atoms with Crippen molar-refractivity contribution >= 4 is 15.9 Å². The van der Waals surface area contributed by atoms with E-state index in [-0.39, 0.29) is 12.5 Å². The average Bonchev–Trinajstić information content (AvgIpc) is 2.38. The van der Waals surface area contributed by atoms with Crippen LogP contribution >= 0.6 is 15.9 Å². The number of halogens is 1. The molecular formula is C15H15BrO. The van der Waals surface area contributed by atoms with Crippen molar-refractivity contribution in [1.29, 1.82) is 0 Å². The van der Waals surface area contributed by atoms with Gasteiger partial charge in [-0.1, -0.05) is 64.5 Å². The number of aliphatic hydroxyl groups is 1. The Kier molecular flexibility index (Phi) is 4.35. The maximum Gasteiger partial charge on any atom is 0.0503 e. The van der Waals surface area contributed by atoms with Crippen molar-refractivity contribution in [3.05, 3.63) is 70.2 Å². The summed E-state index contributed by atoms with van der Waals surface area (Å²) in [5.41, 5.74) is 2.42. The molecule has 0 saturated heterocycles. The summed E-state index contributed by atoms with van der Waals surface area (Å²) >= 11 is 3.54. The highest BCUT2D eigenvalue weighted by Gasteiger charge is 2.13. The van der Waals surface area contributed by atoms with Crippen LogP contribution in [0, 0.1) is 0 Å². The molecule has 0 bridgehead atoms. The molecule has 0 heterocycles. The molecule has 1 atom stereocenters. The highest BCUT2D eigenvalue weighted by atomic mass is 79.9. The van der Waals surface area contributed by atoms with Gasteiger partial charge in [0.1, 0.15) is 0 Å². The van der Waals surface area contributed by atoms with E-state index >= 15 is 0 Å². The lowest BCUT2D eigenvalue weighted by molar-refractivity contribution is 0.264. The summed E-state index contributed by atoms with van der Waals surface area (Å²) < 4.78 is 1.06. The van der Waals surface area contributed by atoms with Gasteiger partial charge in [-0.2, -0.15) is 0 Å². The zero-order chi connectivity index (χ0) is 12.1. The van der Waals surface area contributed by atoms with E-state index in [1.807, 2.05) is 36.4 Å². The zero-order valence-corrected chi connectivity index (χ0v) is 11.1. The van der Waals surface area contributed by atoms with Crippen molar-refractivity contribution in [3.8, 4) is 0 Å². The maximum absolute atomic E-state index is 9.54. The molecule has 0 aliphatic carbocycles. The van der Waals surface area contributed by atoms with E-state index in [9.17, 15) is 5.11 Å². The lowest BCUT2D eigenvalue weighted by atomic mass is 9.93. The molecule has 2 heteroatoms. The fourth-order valence-corrected chi connectivity index (χ4v) is 2.59. The van der Waals surface area contributed by atoms with Crippen LogP contribution in [0.25, 0.3) is 0 Å². The summed E-state index contributed by atoms with van der Waals surface area (Å²) in [6, 6.07) is 18.3. The Hall–Kier alpha value is -1.12. The van der Waals surface area contributed by atoms with Crippen LogP contribution in [0.2, 0.25) is 0 Å². The first-order chi connectivity index (χ1) is 8.31. The largest absolute Gasteiger partial charge is 0.396 e. The molecule has 17 heavy (non-hydrogen) atoms. The van der Waals surface area contributed by atoms with Crippen molar-refractivity contribution in [2.45, 2.75) is 12.3 Å². The van der Waals surface area contributed by atoms with Gasteiger partial charge in [-0.25, -0.2) is 0 Å². The van der Waals surface area contributed by atoms with E-state index in [0.29, 0.717) is 0 Å². The van der Waals surface area contributed by atoms with Gasteiger partial charge in [0.05, 0.1) is 6.61 Å². The molecule has 88 valence electrons. The Balaban J connectivity index is 2.21. The van der Waals surface area contributed by atoms with Gasteiger partial charge in [0.25, 0.3) is 0 Å². The van der Waals surface area contributed by atoms with Gasteiger partial charge >= 0.3 is 0 Å². The Morgan fingerprint density at radius 3 is 2.24 bits per heavy atom. The highest BCUT2D eigenvalue weighted by molar-refractivity contribution is 9.10. The molecule has 0 amide bonds. The molecule has 2 aromatic carbocycles. The average molecular weight is 291 g/mol. The molecule has 2 aromatic rings. The molecule has 1 nitrogen and oxygen atoms in total. The number of hydrogen-bond donors (Lipinski definition) is 1. The molecule has 0 aliphatic rings. The summed E-state index contributed by atoms with van der Waals surface area (Å²) in [7, 11) is 0. The first-order valence-corrected chi connectivity index (χ1v) is 6.49. The number of benzene rings is 2. The Morgan fingerprint density at radius 1 is 0.941 bits per heavy atom. The normalized spacial score (nSPS) is 12.4. The van der Waals surface area contributed by atoms with Crippen molar-refractivity contribution < 1.29 is 5.11 Å². The number of hydrogen-bond acceptors (Lipinski definition) is 1.